The number of carbonyl (C=O) groups excluding carboxylic acids is 1. The Morgan fingerprint density at radius 1 is 0.958 bits per heavy atom. The lowest BCUT2D eigenvalue weighted by Gasteiger charge is -2.39. The highest BCUT2D eigenvalue weighted by Crippen LogP contribution is 2.29. The van der Waals surface area contributed by atoms with Crippen molar-refractivity contribution in [2.75, 3.05) is 26.2 Å². The zero-order valence-electron chi connectivity index (χ0n) is 14.1. The maximum Gasteiger partial charge on any atom is 0.306 e. The highest BCUT2D eigenvalue weighted by molar-refractivity contribution is 5.83. The van der Waals surface area contributed by atoms with Gasteiger partial charge in [0.25, 0.3) is 0 Å². The molecule has 5 heteroatoms. The van der Waals surface area contributed by atoms with Gasteiger partial charge in [-0.15, -0.1) is 0 Å². The fourth-order valence-electron chi connectivity index (χ4n) is 3.84. The first-order chi connectivity index (χ1) is 11.7. The van der Waals surface area contributed by atoms with Crippen LogP contribution in [0.15, 0.2) is 30.3 Å². The molecule has 1 N–H and O–H groups in total. The van der Waals surface area contributed by atoms with E-state index < -0.39 is 5.97 Å². The van der Waals surface area contributed by atoms with Gasteiger partial charge in [-0.05, 0) is 37.7 Å². The first-order valence-corrected chi connectivity index (χ1v) is 8.97. The van der Waals surface area contributed by atoms with Crippen LogP contribution in [0.25, 0.3) is 0 Å². The Balaban J connectivity index is 1.78. The summed E-state index contributed by atoms with van der Waals surface area (Å²) >= 11 is 0. The van der Waals surface area contributed by atoms with E-state index >= 15 is 0 Å². The van der Waals surface area contributed by atoms with Crippen LogP contribution in [0, 0.1) is 5.92 Å². The minimum atomic E-state index is -0.715. The molecule has 1 unspecified atom stereocenters. The van der Waals surface area contributed by atoms with Crippen molar-refractivity contribution in [3.05, 3.63) is 35.9 Å². The average Bonchev–Trinajstić information content (AvgIpc) is 2.64. The smallest absolute Gasteiger partial charge is 0.306 e. The predicted octanol–water partition coefficient (Wildman–Crippen LogP) is 2.54. The lowest BCUT2D eigenvalue weighted by molar-refractivity contribution is -0.144. The summed E-state index contributed by atoms with van der Waals surface area (Å²) in [6.45, 7) is 3.01. The van der Waals surface area contributed by atoms with Gasteiger partial charge in [0.05, 0.1) is 5.92 Å². The molecule has 2 aliphatic heterocycles. The van der Waals surface area contributed by atoms with E-state index in [0.29, 0.717) is 25.9 Å². The van der Waals surface area contributed by atoms with Crippen molar-refractivity contribution < 1.29 is 14.7 Å². The first kappa shape index (κ1) is 17.0. The van der Waals surface area contributed by atoms with Crippen LogP contribution in [0.2, 0.25) is 0 Å². The van der Waals surface area contributed by atoms with Crippen LogP contribution in [-0.4, -0.2) is 53.0 Å². The average molecular weight is 330 g/mol. The number of piperidine rings is 2. The Labute approximate surface area is 143 Å². The Bertz CT molecular complexity index is 561. The fraction of sp³-hybridized carbons (Fsp3) is 0.579. The van der Waals surface area contributed by atoms with E-state index in [0.717, 1.165) is 31.5 Å². The number of nitrogens with zero attached hydrogens (tertiary/aromatic N) is 2. The summed E-state index contributed by atoms with van der Waals surface area (Å²) in [5, 5.41) is 9.20. The van der Waals surface area contributed by atoms with Crippen LogP contribution in [-0.2, 0) is 9.59 Å². The number of carboxylic acids is 1. The quantitative estimate of drug-likeness (QED) is 0.921. The van der Waals surface area contributed by atoms with Gasteiger partial charge in [0.15, 0.2) is 0 Å². The number of likely N-dealkylation sites (tertiary alicyclic amines) is 2. The number of amides is 1. The lowest BCUT2D eigenvalue weighted by Crippen LogP contribution is -2.47. The molecule has 3 rings (SSSR count). The molecule has 1 amide bonds. The number of carbonyl (C=O) groups is 2. The monoisotopic (exact) mass is 330 g/mol. The highest BCUT2D eigenvalue weighted by Gasteiger charge is 2.35. The molecule has 1 aromatic carbocycles. The topological polar surface area (TPSA) is 60.9 Å². The number of aliphatic carboxylic acids is 1. The second kappa shape index (κ2) is 7.79. The zero-order valence-corrected chi connectivity index (χ0v) is 14.1. The third kappa shape index (κ3) is 3.78. The highest BCUT2D eigenvalue weighted by atomic mass is 16.4. The summed E-state index contributed by atoms with van der Waals surface area (Å²) in [5.41, 5.74) is 1.02. The summed E-state index contributed by atoms with van der Waals surface area (Å²) in [4.78, 5) is 28.5. The Morgan fingerprint density at radius 3 is 2.17 bits per heavy atom. The predicted molar refractivity (Wildman–Crippen MR) is 91.5 cm³/mol. The molecule has 2 aliphatic rings. The van der Waals surface area contributed by atoms with E-state index in [1.165, 1.54) is 6.42 Å². The van der Waals surface area contributed by atoms with E-state index in [4.69, 9.17) is 0 Å². The van der Waals surface area contributed by atoms with Gasteiger partial charge >= 0.3 is 5.97 Å². The Hall–Kier alpha value is -1.88. The number of carboxylic acid groups (broad SMARTS) is 1. The van der Waals surface area contributed by atoms with Gasteiger partial charge in [-0.1, -0.05) is 30.3 Å². The standard InChI is InChI=1S/C19H26N2O3/c22-18(21-11-5-2-6-12-21)17(15-7-3-1-4-8-15)20-13-9-16(10-14-20)19(23)24/h1,3-4,7-8,16-17H,2,5-6,9-14H2,(H,23,24). The molecule has 0 bridgehead atoms. The number of hydrogen-bond acceptors (Lipinski definition) is 3. The maximum absolute atomic E-state index is 13.2. The second-order valence-corrected chi connectivity index (χ2v) is 6.85. The molecular formula is C19H26N2O3. The molecule has 0 radical (unpaired) electrons. The molecule has 0 saturated carbocycles. The van der Waals surface area contributed by atoms with Crippen molar-refractivity contribution in [2.24, 2.45) is 5.92 Å². The third-order valence-corrected chi connectivity index (χ3v) is 5.26. The van der Waals surface area contributed by atoms with Gasteiger partial charge < -0.3 is 10.0 Å². The maximum atomic E-state index is 13.2. The van der Waals surface area contributed by atoms with Crippen molar-refractivity contribution in [2.45, 2.75) is 38.1 Å². The summed E-state index contributed by atoms with van der Waals surface area (Å²) in [6.07, 6.45) is 4.59. The van der Waals surface area contributed by atoms with Crippen molar-refractivity contribution in [1.82, 2.24) is 9.80 Å². The molecule has 0 spiro atoms. The Morgan fingerprint density at radius 2 is 1.58 bits per heavy atom. The lowest BCUT2D eigenvalue weighted by atomic mass is 9.93. The van der Waals surface area contributed by atoms with Crippen LogP contribution in [0.4, 0.5) is 0 Å². The molecular weight excluding hydrogens is 304 g/mol. The van der Waals surface area contributed by atoms with Crippen LogP contribution in [0.1, 0.15) is 43.7 Å². The van der Waals surface area contributed by atoms with E-state index in [-0.39, 0.29) is 17.9 Å². The van der Waals surface area contributed by atoms with E-state index in [2.05, 4.69) is 4.90 Å². The first-order valence-electron chi connectivity index (χ1n) is 8.97. The van der Waals surface area contributed by atoms with Crippen LogP contribution >= 0.6 is 0 Å². The van der Waals surface area contributed by atoms with Gasteiger partial charge in [0.1, 0.15) is 6.04 Å². The normalized spacial score (nSPS) is 21.4. The van der Waals surface area contributed by atoms with Crippen LogP contribution in [0.3, 0.4) is 0 Å². The van der Waals surface area contributed by atoms with Gasteiger partial charge in [-0.2, -0.15) is 0 Å². The molecule has 1 aromatic rings. The minimum absolute atomic E-state index is 0.176. The van der Waals surface area contributed by atoms with Gasteiger partial charge in [0.2, 0.25) is 5.91 Å². The molecule has 5 nitrogen and oxygen atoms in total. The van der Waals surface area contributed by atoms with Crippen molar-refractivity contribution in [3.63, 3.8) is 0 Å². The largest absolute Gasteiger partial charge is 0.481 e. The molecule has 0 aliphatic carbocycles. The zero-order chi connectivity index (χ0) is 16.9. The van der Waals surface area contributed by atoms with Crippen molar-refractivity contribution in [3.8, 4) is 0 Å². The number of rotatable bonds is 4. The van der Waals surface area contributed by atoms with E-state index in [1.807, 2.05) is 35.2 Å². The van der Waals surface area contributed by atoms with Gasteiger partial charge in [-0.3, -0.25) is 14.5 Å². The molecule has 2 saturated heterocycles. The Kier molecular flexibility index (Phi) is 5.51. The number of benzene rings is 1. The molecule has 0 aromatic heterocycles. The number of hydrogen-bond donors (Lipinski definition) is 1. The van der Waals surface area contributed by atoms with Crippen molar-refractivity contribution >= 4 is 11.9 Å². The molecule has 130 valence electrons. The van der Waals surface area contributed by atoms with Crippen LogP contribution in [0.5, 0.6) is 0 Å². The summed E-state index contributed by atoms with van der Waals surface area (Å²) in [7, 11) is 0. The molecule has 24 heavy (non-hydrogen) atoms. The summed E-state index contributed by atoms with van der Waals surface area (Å²) in [5.74, 6) is -0.814. The second-order valence-electron chi connectivity index (χ2n) is 6.85. The molecule has 2 fully saturated rings. The fourth-order valence-corrected chi connectivity index (χ4v) is 3.84. The molecule has 2 heterocycles. The van der Waals surface area contributed by atoms with Gasteiger partial charge in [0, 0.05) is 26.2 Å². The van der Waals surface area contributed by atoms with E-state index in [9.17, 15) is 14.7 Å². The van der Waals surface area contributed by atoms with E-state index in [1.54, 1.807) is 0 Å². The molecule has 1 atom stereocenters. The van der Waals surface area contributed by atoms with Crippen molar-refractivity contribution in [1.29, 1.82) is 0 Å². The summed E-state index contributed by atoms with van der Waals surface area (Å²) < 4.78 is 0. The summed E-state index contributed by atoms with van der Waals surface area (Å²) in [6, 6.07) is 9.64. The SMILES string of the molecule is O=C(O)C1CCN(C(C(=O)N2CCCCC2)c2ccccc2)CC1. The minimum Gasteiger partial charge on any atom is -0.481 e. The third-order valence-electron chi connectivity index (χ3n) is 5.26. The van der Waals surface area contributed by atoms with Gasteiger partial charge in [-0.25, -0.2) is 0 Å². The van der Waals surface area contributed by atoms with Crippen LogP contribution < -0.4 is 0 Å².